The van der Waals surface area contributed by atoms with Crippen LogP contribution in [0.4, 0.5) is 0 Å². The van der Waals surface area contributed by atoms with Gasteiger partial charge in [0.15, 0.2) is 0 Å². The van der Waals surface area contributed by atoms with Gasteiger partial charge in [-0.15, -0.1) is 0 Å². The van der Waals surface area contributed by atoms with E-state index in [1.807, 2.05) is 0 Å². The van der Waals surface area contributed by atoms with Crippen LogP contribution in [0, 0.1) is 16.7 Å². The van der Waals surface area contributed by atoms with E-state index in [-0.39, 0.29) is 0 Å². The van der Waals surface area contributed by atoms with E-state index in [1.54, 1.807) is 0 Å². The van der Waals surface area contributed by atoms with Gasteiger partial charge in [0.1, 0.15) is 0 Å². The Balaban J connectivity index is 2.13. The van der Waals surface area contributed by atoms with E-state index in [4.69, 9.17) is 0 Å². The van der Waals surface area contributed by atoms with Crippen molar-refractivity contribution >= 4 is 0 Å². The molecule has 0 bridgehead atoms. The van der Waals surface area contributed by atoms with Gasteiger partial charge in [-0.1, -0.05) is 41.5 Å². The molecule has 1 nitrogen and oxygen atoms in total. The molecular formula is C17H35N. The molecule has 1 fully saturated rings. The van der Waals surface area contributed by atoms with Crippen LogP contribution in [-0.2, 0) is 0 Å². The Kier molecular flexibility index (Phi) is 5.70. The molecule has 1 aliphatic rings. The molecule has 108 valence electrons. The highest BCUT2D eigenvalue weighted by Crippen LogP contribution is 2.37. The molecule has 0 unspecified atom stereocenters. The molecule has 1 heteroatoms. The average molecular weight is 253 g/mol. The SMILES string of the molecule is CC(C)(C)CCCNC1CCC(C(C)(C)C)CC1. The minimum absolute atomic E-state index is 0.492. The number of nitrogens with one attached hydrogen (secondary N) is 1. The van der Waals surface area contributed by atoms with Crippen LogP contribution in [0.3, 0.4) is 0 Å². The monoisotopic (exact) mass is 253 g/mol. The molecule has 1 saturated carbocycles. The van der Waals surface area contributed by atoms with E-state index in [0.29, 0.717) is 10.8 Å². The van der Waals surface area contributed by atoms with E-state index in [1.165, 1.54) is 45.1 Å². The number of hydrogen-bond donors (Lipinski definition) is 1. The topological polar surface area (TPSA) is 12.0 Å². The van der Waals surface area contributed by atoms with Crippen molar-refractivity contribution in [3.8, 4) is 0 Å². The van der Waals surface area contributed by atoms with Gasteiger partial charge in [0.05, 0.1) is 0 Å². The van der Waals surface area contributed by atoms with Crippen LogP contribution in [0.1, 0.15) is 80.1 Å². The largest absolute Gasteiger partial charge is 0.314 e. The first-order chi connectivity index (χ1) is 8.18. The van der Waals surface area contributed by atoms with E-state index < -0.39 is 0 Å². The highest BCUT2D eigenvalue weighted by Gasteiger charge is 2.29. The second kappa shape index (κ2) is 6.41. The lowest BCUT2D eigenvalue weighted by molar-refractivity contribution is 0.159. The van der Waals surface area contributed by atoms with Crippen molar-refractivity contribution in [2.24, 2.45) is 16.7 Å². The summed E-state index contributed by atoms with van der Waals surface area (Å²) in [5.41, 5.74) is 1.00. The van der Waals surface area contributed by atoms with Crippen molar-refractivity contribution < 1.29 is 0 Å². The third-order valence-corrected chi connectivity index (χ3v) is 4.49. The Labute approximate surface area is 115 Å². The summed E-state index contributed by atoms with van der Waals surface area (Å²) in [7, 11) is 0. The fraction of sp³-hybridized carbons (Fsp3) is 1.00. The summed E-state index contributed by atoms with van der Waals surface area (Å²) in [4.78, 5) is 0. The van der Waals surface area contributed by atoms with Gasteiger partial charge >= 0.3 is 0 Å². The maximum atomic E-state index is 3.77. The van der Waals surface area contributed by atoms with Crippen LogP contribution in [-0.4, -0.2) is 12.6 Å². The van der Waals surface area contributed by atoms with Crippen molar-refractivity contribution in [3.63, 3.8) is 0 Å². The van der Waals surface area contributed by atoms with Crippen molar-refractivity contribution in [1.82, 2.24) is 5.32 Å². The molecule has 18 heavy (non-hydrogen) atoms. The lowest BCUT2D eigenvalue weighted by atomic mass is 9.71. The first-order valence-corrected chi connectivity index (χ1v) is 7.92. The molecule has 1 aliphatic carbocycles. The molecular weight excluding hydrogens is 218 g/mol. The molecule has 0 spiro atoms. The second-order valence-electron chi connectivity index (χ2n) is 8.53. The van der Waals surface area contributed by atoms with Crippen molar-refractivity contribution in [2.75, 3.05) is 6.54 Å². The minimum Gasteiger partial charge on any atom is -0.314 e. The minimum atomic E-state index is 0.492. The number of rotatable bonds is 4. The maximum Gasteiger partial charge on any atom is 0.00672 e. The molecule has 0 heterocycles. The first-order valence-electron chi connectivity index (χ1n) is 7.92. The maximum absolute atomic E-state index is 3.77. The smallest absolute Gasteiger partial charge is 0.00672 e. The Morgan fingerprint density at radius 1 is 0.889 bits per heavy atom. The standard InChI is InChI=1S/C17H35N/c1-16(2,3)12-7-13-18-15-10-8-14(9-11-15)17(4,5)6/h14-15,18H,7-13H2,1-6H3. The van der Waals surface area contributed by atoms with Crippen molar-refractivity contribution in [2.45, 2.75) is 86.1 Å². The Bertz CT molecular complexity index is 223. The normalized spacial score (nSPS) is 26.3. The van der Waals surface area contributed by atoms with Gasteiger partial charge in [0.2, 0.25) is 0 Å². The van der Waals surface area contributed by atoms with Crippen LogP contribution < -0.4 is 5.32 Å². The highest BCUT2D eigenvalue weighted by atomic mass is 14.9. The predicted octanol–water partition coefficient (Wildman–Crippen LogP) is 5.01. The third-order valence-electron chi connectivity index (χ3n) is 4.49. The number of hydrogen-bond acceptors (Lipinski definition) is 1. The summed E-state index contributed by atoms with van der Waals surface area (Å²) >= 11 is 0. The summed E-state index contributed by atoms with van der Waals surface area (Å²) in [6, 6.07) is 0.795. The zero-order chi connectivity index (χ0) is 13.8. The fourth-order valence-corrected chi connectivity index (χ4v) is 3.09. The van der Waals surface area contributed by atoms with Crippen LogP contribution in [0.15, 0.2) is 0 Å². The van der Waals surface area contributed by atoms with Crippen LogP contribution in [0.25, 0.3) is 0 Å². The van der Waals surface area contributed by atoms with Crippen LogP contribution in [0.5, 0.6) is 0 Å². The predicted molar refractivity (Wildman–Crippen MR) is 81.9 cm³/mol. The Morgan fingerprint density at radius 2 is 1.44 bits per heavy atom. The molecule has 1 rings (SSSR count). The summed E-state index contributed by atoms with van der Waals surface area (Å²) in [6.45, 7) is 15.4. The molecule has 0 radical (unpaired) electrons. The first kappa shape index (κ1) is 16.0. The van der Waals surface area contributed by atoms with E-state index in [9.17, 15) is 0 Å². The van der Waals surface area contributed by atoms with Gasteiger partial charge in [-0.3, -0.25) is 0 Å². The molecule has 0 aromatic rings. The highest BCUT2D eigenvalue weighted by molar-refractivity contribution is 4.83. The fourth-order valence-electron chi connectivity index (χ4n) is 3.09. The molecule has 0 aromatic heterocycles. The summed E-state index contributed by atoms with van der Waals surface area (Å²) in [6.07, 6.45) is 8.26. The zero-order valence-corrected chi connectivity index (χ0v) is 13.6. The summed E-state index contributed by atoms with van der Waals surface area (Å²) < 4.78 is 0. The van der Waals surface area contributed by atoms with Gasteiger partial charge in [-0.25, -0.2) is 0 Å². The van der Waals surface area contributed by atoms with Gasteiger partial charge in [0.25, 0.3) is 0 Å². The third kappa shape index (κ3) is 6.22. The van der Waals surface area contributed by atoms with Gasteiger partial charge in [-0.05, 0) is 61.8 Å². The second-order valence-corrected chi connectivity index (χ2v) is 8.53. The Hall–Kier alpha value is -0.0400. The average Bonchev–Trinajstić information content (AvgIpc) is 2.22. The van der Waals surface area contributed by atoms with Gasteiger partial charge < -0.3 is 5.32 Å². The quantitative estimate of drug-likeness (QED) is 0.695. The molecule has 0 aromatic carbocycles. The molecule has 1 N–H and O–H groups in total. The van der Waals surface area contributed by atoms with E-state index in [0.717, 1.165) is 12.0 Å². The molecule has 0 saturated heterocycles. The van der Waals surface area contributed by atoms with E-state index >= 15 is 0 Å². The molecule has 0 atom stereocenters. The van der Waals surface area contributed by atoms with Crippen molar-refractivity contribution in [1.29, 1.82) is 0 Å². The summed E-state index contributed by atoms with van der Waals surface area (Å²) in [5.74, 6) is 0.935. The lowest BCUT2D eigenvalue weighted by Gasteiger charge is -2.37. The zero-order valence-electron chi connectivity index (χ0n) is 13.6. The molecule has 0 aliphatic heterocycles. The molecule has 0 amide bonds. The Morgan fingerprint density at radius 3 is 1.89 bits per heavy atom. The van der Waals surface area contributed by atoms with E-state index in [2.05, 4.69) is 46.9 Å². The van der Waals surface area contributed by atoms with Crippen LogP contribution >= 0.6 is 0 Å². The summed E-state index contributed by atoms with van der Waals surface area (Å²) in [5, 5.41) is 3.77. The van der Waals surface area contributed by atoms with Crippen molar-refractivity contribution in [3.05, 3.63) is 0 Å². The van der Waals surface area contributed by atoms with Gasteiger partial charge in [-0.2, -0.15) is 0 Å². The lowest BCUT2D eigenvalue weighted by Crippen LogP contribution is -2.36. The van der Waals surface area contributed by atoms with Gasteiger partial charge in [0, 0.05) is 6.04 Å². The van der Waals surface area contributed by atoms with Crippen LogP contribution in [0.2, 0.25) is 0 Å².